The highest BCUT2D eigenvalue weighted by atomic mass is 16.6. The van der Waals surface area contributed by atoms with Gasteiger partial charge in [0.15, 0.2) is 6.10 Å². The third-order valence-electron chi connectivity index (χ3n) is 5.70. The fourth-order valence-corrected chi connectivity index (χ4v) is 4.05. The number of anilines is 1. The molecule has 4 unspecified atom stereocenters. The fraction of sp³-hybridized carbons (Fsp3) is 0.231. The number of carbonyl (C=O) groups excluding carboxylic acids is 2. The number of nitrogens with one attached hydrogen (secondary N) is 2. The standard InChI is InChI=1S/C26H24N2O6/c29-25(17-7-3-1-4-8-17)28-21-15-31-24-22(16-32-23(21)24)34-26(30)27-18-11-13-20(14-12-18)33-19-9-5-2-6-10-19/h1-14,21-24H,15-16H2,(H,27,30)(H,28,29). The second kappa shape index (κ2) is 9.94. The first-order chi connectivity index (χ1) is 16.7. The lowest BCUT2D eigenvalue weighted by molar-refractivity contribution is 0.00862. The number of ether oxygens (including phenoxy) is 4. The van der Waals surface area contributed by atoms with Crippen molar-refractivity contribution < 1.29 is 28.5 Å². The Kier molecular flexibility index (Phi) is 6.42. The average Bonchev–Trinajstić information content (AvgIpc) is 3.45. The van der Waals surface area contributed by atoms with Crippen molar-refractivity contribution in [1.29, 1.82) is 0 Å². The van der Waals surface area contributed by atoms with Gasteiger partial charge in [-0.2, -0.15) is 0 Å². The quantitative estimate of drug-likeness (QED) is 0.578. The first-order valence-corrected chi connectivity index (χ1v) is 11.1. The van der Waals surface area contributed by atoms with Crippen LogP contribution in [0.5, 0.6) is 11.5 Å². The Balaban J connectivity index is 1.12. The number of hydrogen-bond donors (Lipinski definition) is 2. The van der Waals surface area contributed by atoms with Gasteiger partial charge in [-0.05, 0) is 48.5 Å². The second-order valence-corrected chi connectivity index (χ2v) is 8.05. The molecule has 0 spiro atoms. The summed E-state index contributed by atoms with van der Waals surface area (Å²) in [7, 11) is 0. The Hall–Kier alpha value is -3.88. The summed E-state index contributed by atoms with van der Waals surface area (Å²) in [5.41, 5.74) is 1.14. The van der Waals surface area contributed by atoms with Gasteiger partial charge < -0.3 is 24.3 Å². The lowest BCUT2D eigenvalue weighted by Crippen LogP contribution is -2.44. The Bertz CT molecular complexity index is 1120. The molecule has 0 bridgehead atoms. The van der Waals surface area contributed by atoms with Crippen molar-refractivity contribution >= 4 is 17.7 Å². The highest BCUT2D eigenvalue weighted by molar-refractivity contribution is 5.94. The summed E-state index contributed by atoms with van der Waals surface area (Å²) in [6.07, 6.45) is -1.98. The maximum atomic E-state index is 12.5. The second-order valence-electron chi connectivity index (χ2n) is 8.05. The normalized spacial score (nSPS) is 23.1. The number of carbonyl (C=O) groups is 2. The van der Waals surface area contributed by atoms with E-state index in [-0.39, 0.29) is 31.3 Å². The molecule has 0 radical (unpaired) electrons. The van der Waals surface area contributed by atoms with Crippen molar-refractivity contribution in [2.45, 2.75) is 24.4 Å². The Morgan fingerprint density at radius 2 is 1.41 bits per heavy atom. The van der Waals surface area contributed by atoms with Crippen molar-refractivity contribution in [2.24, 2.45) is 0 Å². The summed E-state index contributed by atoms with van der Waals surface area (Å²) in [6.45, 7) is 0.489. The molecule has 8 heteroatoms. The zero-order chi connectivity index (χ0) is 23.3. The third-order valence-corrected chi connectivity index (χ3v) is 5.70. The minimum absolute atomic E-state index is 0.194. The number of fused-ring (bicyclic) bond motifs is 1. The maximum absolute atomic E-state index is 12.5. The number of amides is 2. The number of hydrogen-bond acceptors (Lipinski definition) is 6. The lowest BCUT2D eigenvalue weighted by atomic mass is 10.1. The molecule has 0 saturated carbocycles. The fourth-order valence-electron chi connectivity index (χ4n) is 4.05. The van der Waals surface area contributed by atoms with Crippen molar-refractivity contribution in [2.75, 3.05) is 18.5 Å². The van der Waals surface area contributed by atoms with Crippen molar-refractivity contribution in [1.82, 2.24) is 5.32 Å². The zero-order valence-corrected chi connectivity index (χ0v) is 18.3. The molecular formula is C26H24N2O6. The van der Waals surface area contributed by atoms with E-state index >= 15 is 0 Å². The van der Waals surface area contributed by atoms with Crippen LogP contribution in [-0.2, 0) is 14.2 Å². The highest BCUT2D eigenvalue weighted by Crippen LogP contribution is 2.29. The van der Waals surface area contributed by atoms with E-state index in [9.17, 15) is 9.59 Å². The van der Waals surface area contributed by atoms with Crippen LogP contribution >= 0.6 is 0 Å². The van der Waals surface area contributed by atoms with Gasteiger partial charge in [0.2, 0.25) is 0 Å². The molecular weight excluding hydrogens is 436 g/mol. The molecule has 0 aromatic heterocycles. The zero-order valence-electron chi connectivity index (χ0n) is 18.3. The van der Waals surface area contributed by atoms with E-state index in [1.54, 1.807) is 48.5 Å². The first-order valence-electron chi connectivity index (χ1n) is 11.1. The summed E-state index contributed by atoms with van der Waals surface area (Å²) in [5.74, 6) is 1.19. The van der Waals surface area contributed by atoms with Crippen LogP contribution in [0.4, 0.5) is 10.5 Å². The van der Waals surface area contributed by atoms with Crippen molar-refractivity contribution in [3.63, 3.8) is 0 Å². The molecule has 2 fully saturated rings. The van der Waals surface area contributed by atoms with Gasteiger partial charge in [0.25, 0.3) is 5.91 Å². The van der Waals surface area contributed by atoms with Crippen LogP contribution in [0.2, 0.25) is 0 Å². The number of rotatable bonds is 6. The van der Waals surface area contributed by atoms with Gasteiger partial charge in [0, 0.05) is 11.3 Å². The van der Waals surface area contributed by atoms with Gasteiger partial charge in [-0.15, -0.1) is 0 Å². The van der Waals surface area contributed by atoms with E-state index < -0.39 is 18.3 Å². The van der Waals surface area contributed by atoms with Crippen LogP contribution in [0, 0.1) is 0 Å². The third kappa shape index (κ3) is 5.03. The van der Waals surface area contributed by atoms with Gasteiger partial charge in [0.1, 0.15) is 23.7 Å². The van der Waals surface area contributed by atoms with Gasteiger partial charge >= 0.3 is 6.09 Å². The van der Waals surface area contributed by atoms with Gasteiger partial charge in [-0.3, -0.25) is 10.1 Å². The molecule has 8 nitrogen and oxygen atoms in total. The minimum Gasteiger partial charge on any atom is -0.457 e. The van der Waals surface area contributed by atoms with Crippen LogP contribution in [0.25, 0.3) is 0 Å². The lowest BCUT2D eigenvalue weighted by Gasteiger charge is -2.18. The molecule has 2 amide bonds. The van der Waals surface area contributed by atoms with Crippen molar-refractivity contribution in [3.05, 3.63) is 90.5 Å². The van der Waals surface area contributed by atoms with Crippen molar-refractivity contribution in [3.8, 4) is 11.5 Å². The molecule has 0 aliphatic carbocycles. The molecule has 3 aromatic carbocycles. The topological polar surface area (TPSA) is 95.1 Å². The molecule has 2 aliphatic heterocycles. The van der Waals surface area contributed by atoms with E-state index in [1.165, 1.54) is 0 Å². The highest BCUT2D eigenvalue weighted by Gasteiger charge is 2.50. The van der Waals surface area contributed by atoms with Gasteiger partial charge in [-0.1, -0.05) is 36.4 Å². The summed E-state index contributed by atoms with van der Waals surface area (Å²) < 4.78 is 22.9. The van der Waals surface area contributed by atoms with Crippen LogP contribution in [0.15, 0.2) is 84.9 Å². The van der Waals surface area contributed by atoms with Crippen LogP contribution in [0.3, 0.4) is 0 Å². The average molecular weight is 460 g/mol. The SMILES string of the molecule is O=C(Nc1ccc(Oc2ccccc2)cc1)OC1COC2C(NC(=O)c3ccccc3)COC12. The van der Waals surface area contributed by atoms with Crippen LogP contribution in [-0.4, -0.2) is 49.6 Å². The summed E-state index contributed by atoms with van der Waals surface area (Å²) in [4.78, 5) is 24.9. The molecule has 2 heterocycles. The molecule has 5 rings (SSSR count). The Morgan fingerprint density at radius 3 is 2.15 bits per heavy atom. The molecule has 34 heavy (non-hydrogen) atoms. The molecule has 2 aliphatic rings. The predicted octanol–water partition coefficient (Wildman–Crippen LogP) is 3.99. The largest absolute Gasteiger partial charge is 0.457 e. The van der Waals surface area contributed by atoms with Gasteiger partial charge in [0.05, 0.1) is 19.3 Å². The summed E-state index contributed by atoms with van der Waals surface area (Å²) >= 11 is 0. The van der Waals surface area contributed by atoms with Crippen LogP contribution in [0.1, 0.15) is 10.4 Å². The van der Waals surface area contributed by atoms with E-state index in [0.29, 0.717) is 17.0 Å². The maximum Gasteiger partial charge on any atom is 0.412 e. The molecule has 2 N–H and O–H groups in total. The molecule has 4 atom stereocenters. The molecule has 3 aromatic rings. The number of para-hydroxylation sites is 1. The number of benzene rings is 3. The Morgan fingerprint density at radius 1 is 0.765 bits per heavy atom. The summed E-state index contributed by atoms with van der Waals surface area (Å²) in [5, 5.41) is 5.65. The Labute approximate surface area is 196 Å². The minimum atomic E-state index is -0.605. The molecule has 2 saturated heterocycles. The van der Waals surface area contributed by atoms with Crippen LogP contribution < -0.4 is 15.4 Å². The molecule has 174 valence electrons. The summed E-state index contributed by atoms with van der Waals surface area (Å²) in [6, 6.07) is 25.1. The monoisotopic (exact) mass is 460 g/mol. The van der Waals surface area contributed by atoms with Gasteiger partial charge in [-0.25, -0.2) is 4.79 Å². The van der Waals surface area contributed by atoms with E-state index in [1.807, 2.05) is 36.4 Å². The van der Waals surface area contributed by atoms with E-state index in [0.717, 1.165) is 5.75 Å². The predicted molar refractivity (Wildman–Crippen MR) is 124 cm³/mol. The van der Waals surface area contributed by atoms with E-state index in [2.05, 4.69) is 10.6 Å². The smallest absolute Gasteiger partial charge is 0.412 e. The van der Waals surface area contributed by atoms with E-state index in [4.69, 9.17) is 18.9 Å². The first kappa shape index (κ1) is 21.9.